The van der Waals surface area contributed by atoms with Gasteiger partial charge in [0.15, 0.2) is 0 Å². The molecule has 0 spiro atoms. The molecule has 0 saturated heterocycles. The van der Waals surface area contributed by atoms with Gasteiger partial charge in [-0.2, -0.15) is 0 Å². The van der Waals surface area contributed by atoms with E-state index < -0.39 is 12.0 Å². The normalized spacial score (nSPS) is 12.5. The van der Waals surface area contributed by atoms with Crippen LogP contribution < -0.4 is 11.1 Å². The number of aliphatic carboxylic acids is 1. The molecule has 0 aromatic rings. The summed E-state index contributed by atoms with van der Waals surface area (Å²) in [6, 6.07) is -0.436. The maximum Gasteiger partial charge on any atom is 0.303 e. The van der Waals surface area contributed by atoms with Gasteiger partial charge in [-0.25, -0.2) is 0 Å². The zero-order chi connectivity index (χ0) is 13.3. The van der Waals surface area contributed by atoms with Gasteiger partial charge in [0.2, 0.25) is 5.91 Å². The number of carboxylic acids is 1. The summed E-state index contributed by atoms with van der Waals surface area (Å²) in [5, 5.41) is 11.2. The number of hydrogen-bond acceptors (Lipinski definition) is 3. The Bertz CT molecular complexity index is 242. The van der Waals surface area contributed by atoms with E-state index in [0.717, 1.165) is 12.8 Å². The molecular formula is C12H24N2O3. The molecule has 0 aliphatic rings. The number of hydrogen-bond donors (Lipinski definition) is 3. The first kappa shape index (κ1) is 15.9. The summed E-state index contributed by atoms with van der Waals surface area (Å²) in [5.41, 5.74) is 5.71. The van der Waals surface area contributed by atoms with Crippen molar-refractivity contribution < 1.29 is 14.7 Å². The van der Waals surface area contributed by atoms with E-state index in [4.69, 9.17) is 10.8 Å². The van der Waals surface area contributed by atoms with Crippen molar-refractivity contribution in [3.05, 3.63) is 0 Å². The summed E-state index contributed by atoms with van der Waals surface area (Å²) < 4.78 is 0. The maximum absolute atomic E-state index is 11.5. The van der Waals surface area contributed by atoms with Crippen LogP contribution in [0.4, 0.5) is 0 Å². The molecule has 0 saturated carbocycles. The lowest BCUT2D eigenvalue weighted by Crippen LogP contribution is -2.41. The first-order chi connectivity index (χ1) is 7.93. The number of amides is 1. The highest BCUT2D eigenvalue weighted by Gasteiger charge is 2.13. The number of unbranched alkanes of at least 4 members (excludes halogenated alkanes) is 2. The molecular weight excluding hydrogens is 220 g/mol. The lowest BCUT2D eigenvalue weighted by molar-refractivity contribution is -0.137. The lowest BCUT2D eigenvalue weighted by Gasteiger charge is -2.13. The molecule has 0 heterocycles. The van der Waals surface area contributed by atoms with E-state index in [1.807, 2.05) is 13.8 Å². The van der Waals surface area contributed by atoms with Crippen LogP contribution in [0.3, 0.4) is 0 Å². The molecule has 0 aliphatic carbocycles. The largest absolute Gasteiger partial charge is 0.481 e. The summed E-state index contributed by atoms with van der Waals surface area (Å²) in [7, 11) is 0. The second-order valence-electron chi connectivity index (χ2n) is 4.73. The smallest absolute Gasteiger partial charge is 0.303 e. The van der Waals surface area contributed by atoms with Crippen molar-refractivity contribution in [1.82, 2.24) is 5.32 Å². The summed E-state index contributed by atoms with van der Waals surface area (Å²) in [5.74, 6) is -0.476. The third kappa shape index (κ3) is 9.81. The Morgan fingerprint density at radius 1 is 1.24 bits per heavy atom. The summed E-state index contributed by atoms with van der Waals surface area (Å²) in [4.78, 5) is 21.7. The molecule has 0 unspecified atom stereocenters. The van der Waals surface area contributed by atoms with Crippen molar-refractivity contribution in [3.63, 3.8) is 0 Å². The van der Waals surface area contributed by atoms with Gasteiger partial charge in [0.05, 0.1) is 6.04 Å². The number of nitrogens with one attached hydrogen (secondary N) is 1. The zero-order valence-electron chi connectivity index (χ0n) is 10.7. The molecule has 5 heteroatoms. The number of nitrogens with two attached hydrogens (primary N) is 1. The average molecular weight is 244 g/mol. The van der Waals surface area contributed by atoms with Gasteiger partial charge in [0, 0.05) is 13.0 Å². The standard InChI is InChI=1S/C12H24N2O3/c1-9(2)8-10(13)12(17)14-7-5-3-4-6-11(15)16/h9-10H,3-8,13H2,1-2H3,(H,14,17)(H,15,16)/t10-/m0/s1. The van der Waals surface area contributed by atoms with Crippen LogP contribution in [-0.2, 0) is 9.59 Å². The van der Waals surface area contributed by atoms with Crippen LogP contribution >= 0.6 is 0 Å². The summed E-state index contributed by atoms with van der Waals surface area (Å²) in [6.45, 7) is 4.63. The second kappa shape index (κ2) is 8.98. The summed E-state index contributed by atoms with van der Waals surface area (Å²) in [6.07, 6.45) is 3.15. The Kier molecular flexibility index (Phi) is 8.40. The van der Waals surface area contributed by atoms with Gasteiger partial charge < -0.3 is 16.2 Å². The fraction of sp³-hybridized carbons (Fsp3) is 0.833. The Balaban J connectivity index is 3.47. The fourth-order valence-electron chi connectivity index (χ4n) is 1.54. The predicted molar refractivity (Wildman–Crippen MR) is 66.5 cm³/mol. The Hall–Kier alpha value is -1.10. The average Bonchev–Trinajstić information content (AvgIpc) is 2.21. The highest BCUT2D eigenvalue weighted by atomic mass is 16.4. The molecule has 4 N–H and O–H groups in total. The van der Waals surface area contributed by atoms with Gasteiger partial charge in [0.1, 0.15) is 0 Å². The monoisotopic (exact) mass is 244 g/mol. The van der Waals surface area contributed by atoms with Gasteiger partial charge in [-0.15, -0.1) is 0 Å². The van der Waals surface area contributed by atoms with Gasteiger partial charge >= 0.3 is 5.97 Å². The van der Waals surface area contributed by atoms with Crippen molar-refractivity contribution in [2.75, 3.05) is 6.54 Å². The van der Waals surface area contributed by atoms with E-state index in [1.54, 1.807) is 0 Å². The molecule has 0 aliphatic heterocycles. The van der Waals surface area contributed by atoms with Crippen LogP contribution in [-0.4, -0.2) is 29.6 Å². The van der Waals surface area contributed by atoms with Crippen LogP contribution in [0, 0.1) is 5.92 Å². The van der Waals surface area contributed by atoms with Gasteiger partial charge in [-0.1, -0.05) is 20.3 Å². The molecule has 0 radical (unpaired) electrons. The quantitative estimate of drug-likeness (QED) is 0.530. The zero-order valence-corrected chi connectivity index (χ0v) is 10.7. The van der Waals surface area contributed by atoms with Crippen molar-refractivity contribution in [1.29, 1.82) is 0 Å². The van der Waals surface area contributed by atoms with Crippen LogP contribution in [0.25, 0.3) is 0 Å². The van der Waals surface area contributed by atoms with E-state index >= 15 is 0 Å². The number of carbonyl (C=O) groups is 2. The van der Waals surface area contributed by atoms with Crippen molar-refractivity contribution in [2.24, 2.45) is 11.7 Å². The minimum absolute atomic E-state index is 0.114. The SMILES string of the molecule is CC(C)C[C@H](N)C(=O)NCCCCCC(=O)O. The molecule has 0 aromatic carbocycles. The summed E-state index contributed by atoms with van der Waals surface area (Å²) >= 11 is 0. The van der Waals surface area contributed by atoms with Gasteiger partial charge in [0.25, 0.3) is 0 Å². The topological polar surface area (TPSA) is 92.4 Å². The van der Waals surface area contributed by atoms with Crippen molar-refractivity contribution in [3.8, 4) is 0 Å². The van der Waals surface area contributed by atoms with E-state index in [1.165, 1.54) is 0 Å². The minimum atomic E-state index is -0.770. The molecule has 1 amide bonds. The van der Waals surface area contributed by atoms with Crippen LogP contribution in [0.15, 0.2) is 0 Å². The van der Waals surface area contributed by atoms with Crippen molar-refractivity contribution in [2.45, 2.75) is 52.0 Å². The highest BCUT2D eigenvalue weighted by Crippen LogP contribution is 2.03. The van der Waals surface area contributed by atoms with Crippen LogP contribution in [0.1, 0.15) is 46.0 Å². The second-order valence-corrected chi connectivity index (χ2v) is 4.73. The molecule has 1 atom stereocenters. The van der Waals surface area contributed by atoms with E-state index in [9.17, 15) is 9.59 Å². The molecule has 0 aromatic heterocycles. The van der Waals surface area contributed by atoms with E-state index in [-0.39, 0.29) is 12.3 Å². The van der Waals surface area contributed by atoms with E-state index in [0.29, 0.717) is 25.3 Å². The van der Waals surface area contributed by atoms with E-state index in [2.05, 4.69) is 5.32 Å². The molecule has 100 valence electrons. The molecule has 0 bridgehead atoms. The third-order valence-electron chi connectivity index (χ3n) is 2.43. The molecule has 0 fully saturated rings. The first-order valence-corrected chi connectivity index (χ1v) is 6.18. The Morgan fingerprint density at radius 3 is 2.41 bits per heavy atom. The molecule has 0 rings (SSSR count). The van der Waals surface area contributed by atoms with Crippen LogP contribution in [0.5, 0.6) is 0 Å². The number of rotatable bonds is 9. The van der Waals surface area contributed by atoms with Gasteiger partial charge in [-0.05, 0) is 25.2 Å². The third-order valence-corrected chi connectivity index (χ3v) is 2.43. The predicted octanol–water partition coefficient (Wildman–Crippen LogP) is 1.12. The fourth-order valence-corrected chi connectivity index (χ4v) is 1.54. The maximum atomic E-state index is 11.5. The minimum Gasteiger partial charge on any atom is -0.481 e. The van der Waals surface area contributed by atoms with Crippen molar-refractivity contribution >= 4 is 11.9 Å². The number of carbonyl (C=O) groups excluding carboxylic acids is 1. The molecule has 17 heavy (non-hydrogen) atoms. The highest BCUT2D eigenvalue weighted by molar-refractivity contribution is 5.81. The Morgan fingerprint density at radius 2 is 1.88 bits per heavy atom. The Labute approximate surface area is 103 Å². The van der Waals surface area contributed by atoms with Gasteiger partial charge in [-0.3, -0.25) is 9.59 Å². The van der Waals surface area contributed by atoms with Crippen LogP contribution in [0.2, 0.25) is 0 Å². The first-order valence-electron chi connectivity index (χ1n) is 6.18. The molecule has 5 nitrogen and oxygen atoms in total. The number of carboxylic acid groups (broad SMARTS) is 1. The lowest BCUT2D eigenvalue weighted by atomic mass is 10.0.